The van der Waals surface area contributed by atoms with Crippen molar-refractivity contribution in [2.24, 2.45) is 0 Å². The van der Waals surface area contributed by atoms with Gasteiger partial charge in [-0.2, -0.15) is 0 Å². The third kappa shape index (κ3) is 3.43. The number of amides is 3. The van der Waals surface area contributed by atoms with Crippen LogP contribution in [0.15, 0.2) is 33.2 Å². The SMILES string of the molecule is CCC1(c2ccc(NC(=O)c3c(C)oc(C)c3Br)cc2)CCC(=O)NC1=O. The van der Waals surface area contributed by atoms with Gasteiger partial charge in [0.25, 0.3) is 5.91 Å². The lowest BCUT2D eigenvalue weighted by atomic mass is 9.72. The summed E-state index contributed by atoms with van der Waals surface area (Å²) in [4.78, 5) is 36.5. The second-order valence-electron chi connectivity index (χ2n) is 6.75. The van der Waals surface area contributed by atoms with Crippen LogP contribution in [0.5, 0.6) is 0 Å². The van der Waals surface area contributed by atoms with Gasteiger partial charge in [0, 0.05) is 12.1 Å². The number of halogens is 1. The lowest BCUT2D eigenvalue weighted by Gasteiger charge is -2.35. The van der Waals surface area contributed by atoms with Crippen LogP contribution >= 0.6 is 15.9 Å². The molecular formula is C20H21BrN2O4. The van der Waals surface area contributed by atoms with Crippen molar-refractivity contribution in [3.8, 4) is 0 Å². The fourth-order valence-electron chi connectivity index (χ4n) is 3.55. The molecule has 3 rings (SSSR count). The van der Waals surface area contributed by atoms with Gasteiger partial charge in [0.15, 0.2) is 0 Å². The molecule has 1 atom stereocenters. The molecule has 2 aromatic rings. The summed E-state index contributed by atoms with van der Waals surface area (Å²) in [5.41, 5.74) is 1.21. The van der Waals surface area contributed by atoms with Gasteiger partial charge < -0.3 is 9.73 Å². The Bertz CT molecular complexity index is 917. The van der Waals surface area contributed by atoms with Gasteiger partial charge in [0.05, 0.1) is 15.5 Å². The number of benzene rings is 1. The first kappa shape index (κ1) is 19.4. The van der Waals surface area contributed by atoms with Gasteiger partial charge in [-0.15, -0.1) is 0 Å². The summed E-state index contributed by atoms with van der Waals surface area (Å²) in [5, 5.41) is 5.29. The summed E-state index contributed by atoms with van der Waals surface area (Å²) in [5.74, 6) is 0.434. The number of piperidine rings is 1. The van der Waals surface area contributed by atoms with Crippen LogP contribution in [0, 0.1) is 13.8 Å². The van der Waals surface area contributed by atoms with Gasteiger partial charge in [-0.1, -0.05) is 19.1 Å². The molecule has 3 amide bonds. The van der Waals surface area contributed by atoms with E-state index < -0.39 is 5.41 Å². The fourth-order valence-corrected chi connectivity index (χ4v) is 4.09. The molecule has 1 aromatic carbocycles. The normalized spacial score (nSPS) is 19.7. The number of hydrogen-bond donors (Lipinski definition) is 2. The van der Waals surface area contributed by atoms with Crippen molar-refractivity contribution in [3.05, 3.63) is 51.4 Å². The minimum Gasteiger partial charge on any atom is -0.465 e. The first-order chi connectivity index (χ1) is 12.8. The van der Waals surface area contributed by atoms with Gasteiger partial charge in [-0.3, -0.25) is 19.7 Å². The van der Waals surface area contributed by atoms with E-state index in [0.29, 0.717) is 46.5 Å². The highest BCUT2D eigenvalue weighted by Gasteiger charge is 2.42. The number of carbonyl (C=O) groups excluding carboxylic acids is 3. The lowest BCUT2D eigenvalue weighted by Crippen LogP contribution is -2.51. The molecule has 1 unspecified atom stereocenters. The number of aryl methyl sites for hydroxylation is 2. The molecule has 0 spiro atoms. The van der Waals surface area contributed by atoms with Crippen molar-refractivity contribution in [2.75, 3.05) is 5.32 Å². The van der Waals surface area contributed by atoms with Gasteiger partial charge >= 0.3 is 0 Å². The second kappa shape index (κ2) is 7.31. The van der Waals surface area contributed by atoms with Crippen molar-refractivity contribution in [3.63, 3.8) is 0 Å². The molecule has 0 radical (unpaired) electrons. The number of carbonyl (C=O) groups is 3. The van der Waals surface area contributed by atoms with E-state index in [4.69, 9.17) is 4.42 Å². The van der Waals surface area contributed by atoms with Crippen LogP contribution in [0.4, 0.5) is 5.69 Å². The van der Waals surface area contributed by atoms with Crippen molar-refractivity contribution in [1.82, 2.24) is 5.32 Å². The molecule has 1 saturated heterocycles. The van der Waals surface area contributed by atoms with E-state index in [2.05, 4.69) is 26.6 Å². The number of hydrogen-bond acceptors (Lipinski definition) is 4. The molecular weight excluding hydrogens is 412 g/mol. The molecule has 0 bridgehead atoms. The second-order valence-corrected chi connectivity index (χ2v) is 7.54. The predicted octanol–water partition coefficient (Wildman–Crippen LogP) is 4.00. The van der Waals surface area contributed by atoms with E-state index in [1.54, 1.807) is 26.0 Å². The lowest BCUT2D eigenvalue weighted by molar-refractivity contribution is -0.138. The largest absolute Gasteiger partial charge is 0.465 e. The van der Waals surface area contributed by atoms with Gasteiger partial charge in [-0.25, -0.2) is 0 Å². The summed E-state index contributed by atoms with van der Waals surface area (Å²) in [6, 6.07) is 7.20. The summed E-state index contributed by atoms with van der Waals surface area (Å²) >= 11 is 3.38. The van der Waals surface area contributed by atoms with Crippen molar-refractivity contribution < 1.29 is 18.8 Å². The van der Waals surface area contributed by atoms with Crippen LogP contribution < -0.4 is 10.6 Å². The molecule has 1 fully saturated rings. The Morgan fingerprint density at radius 3 is 2.41 bits per heavy atom. The molecule has 142 valence electrons. The quantitative estimate of drug-likeness (QED) is 0.714. The van der Waals surface area contributed by atoms with E-state index in [0.717, 1.165) is 5.56 Å². The highest BCUT2D eigenvalue weighted by Crippen LogP contribution is 2.36. The van der Waals surface area contributed by atoms with Gasteiger partial charge in [-0.05, 0) is 60.3 Å². The smallest absolute Gasteiger partial charge is 0.260 e. The summed E-state index contributed by atoms with van der Waals surface area (Å²) < 4.78 is 6.11. The van der Waals surface area contributed by atoms with Crippen LogP contribution in [0.2, 0.25) is 0 Å². The number of imide groups is 1. The highest BCUT2D eigenvalue weighted by atomic mass is 79.9. The molecule has 0 saturated carbocycles. The van der Waals surface area contributed by atoms with E-state index in [9.17, 15) is 14.4 Å². The Hall–Kier alpha value is -2.41. The average molecular weight is 433 g/mol. The molecule has 1 aromatic heterocycles. The van der Waals surface area contributed by atoms with Gasteiger partial charge in [0.1, 0.15) is 11.5 Å². The van der Waals surface area contributed by atoms with Crippen LogP contribution in [-0.2, 0) is 15.0 Å². The van der Waals surface area contributed by atoms with Crippen molar-refractivity contribution >= 4 is 39.3 Å². The van der Waals surface area contributed by atoms with Crippen LogP contribution in [0.25, 0.3) is 0 Å². The standard InChI is InChI=1S/C20H21BrN2O4/c1-4-20(10-9-15(24)23-19(20)26)13-5-7-14(8-6-13)22-18(25)16-11(2)27-12(3)17(16)21/h5-8H,4,9-10H2,1-3H3,(H,22,25)(H,23,24,26). The maximum absolute atomic E-state index is 12.6. The minimum atomic E-state index is -0.711. The zero-order valence-electron chi connectivity index (χ0n) is 15.4. The monoisotopic (exact) mass is 432 g/mol. The third-order valence-electron chi connectivity index (χ3n) is 5.18. The molecule has 1 aliphatic rings. The predicted molar refractivity (Wildman–Crippen MR) is 105 cm³/mol. The molecule has 0 aliphatic carbocycles. The maximum Gasteiger partial charge on any atom is 0.260 e. The minimum absolute atomic E-state index is 0.232. The molecule has 2 N–H and O–H groups in total. The van der Waals surface area contributed by atoms with E-state index in [1.807, 2.05) is 19.1 Å². The van der Waals surface area contributed by atoms with Gasteiger partial charge in [0.2, 0.25) is 11.8 Å². The van der Waals surface area contributed by atoms with E-state index >= 15 is 0 Å². The molecule has 1 aliphatic heterocycles. The van der Waals surface area contributed by atoms with E-state index in [-0.39, 0.29) is 17.7 Å². The average Bonchev–Trinajstić information content (AvgIpc) is 2.88. The zero-order valence-corrected chi connectivity index (χ0v) is 17.0. The van der Waals surface area contributed by atoms with Crippen LogP contribution in [0.3, 0.4) is 0 Å². The molecule has 7 heteroatoms. The Morgan fingerprint density at radius 1 is 1.22 bits per heavy atom. The summed E-state index contributed by atoms with van der Waals surface area (Å²) in [7, 11) is 0. The van der Waals surface area contributed by atoms with E-state index in [1.165, 1.54) is 0 Å². The summed E-state index contributed by atoms with van der Waals surface area (Å²) in [6.07, 6.45) is 1.41. The molecule has 6 nitrogen and oxygen atoms in total. The Balaban J connectivity index is 1.82. The molecule has 2 heterocycles. The first-order valence-electron chi connectivity index (χ1n) is 8.80. The zero-order chi connectivity index (χ0) is 19.8. The highest BCUT2D eigenvalue weighted by molar-refractivity contribution is 9.10. The van der Waals surface area contributed by atoms with Crippen molar-refractivity contribution in [1.29, 1.82) is 0 Å². The summed E-state index contributed by atoms with van der Waals surface area (Å²) in [6.45, 7) is 5.46. The Morgan fingerprint density at radius 2 is 1.89 bits per heavy atom. The molecule has 27 heavy (non-hydrogen) atoms. The number of rotatable bonds is 4. The number of nitrogens with one attached hydrogen (secondary N) is 2. The number of furan rings is 1. The topological polar surface area (TPSA) is 88.4 Å². The maximum atomic E-state index is 12.6. The Labute approximate surface area is 165 Å². The van der Waals surface area contributed by atoms with Crippen molar-refractivity contribution in [2.45, 2.75) is 45.4 Å². The number of anilines is 1. The fraction of sp³-hybridized carbons (Fsp3) is 0.350. The van der Waals surface area contributed by atoms with Crippen LogP contribution in [0.1, 0.15) is 53.6 Å². The Kier molecular flexibility index (Phi) is 5.24. The third-order valence-corrected chi connectivity index (χ3v) is 6.13. The first-order valence-corrected chi connectivity index (χ1v) is 9.59. The van der Waals surface area contributed by atoms with Crippen LogP contribution in [-0.4, -0.2) is 17.7 Å².